The lowest BCUT2D eigenvalue weighted by Crippen LogP contribution is -2.15. The number of nitrogens with two attached hydrogens (primary N) is 2. The molecular formula is C14H10Br2N2O4. The van der Waals surface area contributed by atoms with E-state index in [9.17, 15) is 19.8 Å². The highest BCUT2D eigenvalue weighted by Crippen LogP contribution is 2.32. The molecule has 0 aliphatic carbocycles. The van der Waals surface area contributed by atoms with Gasteiger partial charge in [0.1, 0.15) is 11.5 Å². The van der Waals surface area contributed by atoms with E-state index in [2.05, 4.69) is 31.9 Å². The van der Waals surface area contributed by atoms with E-state index >= 15 is 0 Å². The molecule has 0 bridgehead atoms. The molecule has 2 aromatic carbocycles. The molecule has 22 heavy (non-hydrogen) atoms. The summed E-state index contributed by atoms with van der Waals surface area (Å²) in [6, 6.07) is 4.80. The van der Waals surface area contributed by atoms with Crippen molar-refractivity contribution in [3.05, 3.63) is 44.3 Å². The number of hydrogen-bond acceptors (Lipinski definition) is 6. The quantitative estimate of drug-likeness (QED) is 0.337. The van der Waals surface area contributed by atoms with Gasteiger partial charge in [-0.2, -0.15) is 0 Å². The summed E-state index contributed by atoms with van der Waals surface area (Å²) < 4.78 is 0.730. The number of halogens is 2. The van der Waals surface area contributed by atoms with Crippen LogP contribution in [0.1, 0.15) is 20.7 Å². The predicted octanol–water partition coefficient (Wildman–Crippen LogP) is 2.85. The van der Waals surface area contributed by atoms with Crippen LogP contribution in [0, 0.1) is 0 Å². The first-order chi connectivity index (χ1) is 10.2. The highest BCUT2D eigenvalue weighted by Gasteiger charge is 2.25. The molecule has 0 saturated carbocycles. The van der Waals surface area contributed by atoms with Crippen LogP contribution in [0.2, 0.25) is 0 Å². The number of carbonyl (C=O) groups is 2. The number of benzene rings is 2. The lowest BCUT2D eigenvalue weighted by molar-refractivity contribution is 0.0813. The number of ketones is 2. The highest BCUT2D eigenvalue weighted by molar-refractivity contribution is 9.11. The van der Waals surface area contributed by atoms with E-state index < -0.39 is 23.1 Å². The second-order valence-corrected chi connectivity index (χ2v) is 6.15. The van der Waals surface area contributed by atoms with Crippen LogP contribution in [-0.4, -0.2) is 21.8 Å². The van der Waals surface area contributed by atoms with E-state index in [1.807, 2.05) is 0 Å². The zero-order valence-electron chi connectivity index (χ0n) is 10.9. The van der Waals surface area contributed by atoms with E-state index in [1.165, 1.54) is 12.1 Å². The average molecular weight is 430 g/mol. The van der Waals surface area contributed by atoms with E-state index in [0.29, 0.717) is 8.95 Å². The maximum absolute atomic E-state index is 12.2. The van der Waals surface area contributed by atoms with Crippen LogP contribution < -0.4 is 11.5 Å². The summed E-state index contributed by atoms with van der Waals surface area (Å²) in [6.45, 7) is 0. The molecule has 0 saturated heterocycles. The van der Waals surface area contributed by atoms with Crippen LogP contribution in [0.25, 0.3) is 0 Å². The molecule has 0 fully saturated rings. The van der Waals surface area contributed by atoms with Crippen LogP contribution in [0.15, 0.2) is 33.2 Å². The Labute approximate surface area is 142 Å². The molecule has 2 aromatic rings. The van der Waals surface area contributed by atoms with Crippen molar-refractivity contribution in [2.45, 2.75) is 0 Å². The number of nitrogen functional groups attached to an aromatic ring is 2. The molecule has 114 valence electrons. The highest BCUT2D eigenvalue weighted by atomic mass is 79.9. The van der Waals surface area contributed by atoms with Gasteiger partial charge in [-0.15, -0.1) is 0 Å². The van der Waals surface area contributed by atoms with Gasteiger partial charge >= 0.3 is 0 Å². The molecule has 8 heteroatoms. The van der Waals surface area contributed by atoms with E-state index in [4.69, 9.17) is 11.5 Å². The van der Waals surface area contributed by atoms with Gasteiger partial charge in [0.25, 0.3) is 0 Å². The number of hydrogen-bond donors (Lipinski definition) is 4. The molecule has 0 aromatic heterocycles. The maximum atomic E-state index is 12.2. The molecule has 0 amide bonds. The normalized spacial score (nSPS) is 10.5. The second-order valence-electron chi connectivity index (χ2n) is 4.44. The first-order valence-electron chi connectivity index (χ1n) is 5.87. The Balaban J connectivity index is 2.49. The number of anilines is 2. The third-order valence-corrected chi connectivity index (χ3v) is 4.30. The largest absolute Gasteiger partial charge is 0.507 e. The lowest BCUT2D eigenvalue weighted by Gasteiger charge is -2.08. The summed E-state index contributed by atoms with van der Waals surface area (Å²) in [6.07, 6.45) is 0. The summed E-state index contributed by atoms with van der Waals surface area (Å²) in [5, 5.41) is 19.6. The Kier molecular flexibility index (Phi) is 4.43. The zero-order chi connectivity index (χ0) is 16.6. The van der Waals surface area contributed by atoms with Gasteiger partial charge in [0.2, 0.25) is 11.6 Å². The molecule has 0 unspecified atom stereocenters. The molecule has 0 spiro atoms. The average Bonchev–Trinajstić information content (AvgIpc) is 2.45. The van der Waals surface area contributed by atoms with Crippen molar-refractivity contribution in [2.24, 2.45) is 0 Å². The minimum absolute atomic E-state index is 0.222. The third-order valence-electron chi connectivity index (χ3n) is 2.93. The minimum atomic E-state index is -0.981. The zero-order valence-corrected chi connectivity index (χ0v) is 14.1. The first kappa shape index (κ1) is 16.3. The molecule has 0 heterocycles. The van der Waals surface area contributed by atoms with Crippen molar-refractivity contribution in [1.82, 2.24) is 0 Å². The summed E-state index contributed by atoms with van der Waals surface area (Å²) >= 11 is 6.23. The van der Waals surface area contributed by atoms with Crippen molar-refractivity contribution in [3.63, 3.8) is 0 Å². The molecule has 0 aliphatic rings. The SMILES string of the molecule is Nc1cc(O)c(C(=O)C(=O)c2cc(Br)c(N)cc2O)cc1Br. The summed E-state index contributed by atoms with van der Waals surface area (Å²) in [7, 11) is 0. The smallest absolute Gasteiger partial charge is 0.237 e. The molecular weight excluding hydrogens is 420 g/mol. The minimum Gasteiger partial charge on any atom is -0.507 e. The van der Waals surface area contributed by atoms with Crippen LogP contribution in [0.3, 0.4) is 0 Å². The van der Waals surface area contributed by atoms with E-state index in [-0.39, 0.29) is 22.5 Å². The monoisotopic (exact) mass is 428 g/mol. The lowest BCUT2D eigenvalue weighted by atomic mass is 9.99. The van der Waals surface area contributed by atoms with Gasteiger partial charge in [-0.1, -0.05) is 0 Å². The summed E-state index contributed by atoms with van der Waals surface area (Å²) in [4.78, 5) is 24.5. The van der Waals surface area contributed by atoms with Crippen molar-refractivity contribution < 1.29 is 19.8 Å². The first-order valence-corrected chi connectivity index (χ1v) is 7.46. The van der Waals surface area contributed by atoms with Crippen LogP contribution in [0.5, 0.6) is 11.5 Å². The Morgan fingerprint density at radius 1 is 0.773 bits per heavy atom. The van der Waals surface area contributed by atoms with Crippen LogP contribution >= 0.6 is 31.9 Å². The van der Waals surface area contributed by atoms with Gasteiger partial charge in [0.15, 0.2) is 0 Å². The number of phenolic OH excluding ortho intramolecular Hbond substituents is 2. The number of Topliss-reactive ketones (excluding diaryl/α,β-unsaturated/α-hetero) is 2. The van der Waals surface area contributed by atoms with E-state index in [0.717, 1.165) is 12.1 Å². The van der Waals surface area contributed by atoms with Crippen LogP contribution in [0.4, 0.5) is 11.4 Å². The Hall–Kier alpha value is -2.06. The second kappa shape index (κ2) is 5.98. The van der Waals surface area contributed by atoms with Crippen LogP contribution in [-0.2, 0) is 0 Å². The Morgan fingerprint density at radius 3 is 1.41 bits per heavy atom. The standard InChI is InChI=1S/C14H10Br2N2O4/c15-7-1-5(11(19)3-9(7)17)13(21)14(22)6-2-8(16)10(18)4-12(6)20/h1-4,19-20H,17-18H2. The number of carbonyl (C=O) groups excluding carboxylic acids is 2. The third kappa shape index (κ3) is 2.93. The van der Waals surface area contributed by atoms with Gasteiger partial charge in [0, 0.05) is 32.5 Å². The van der Waals surface area contributed by atoms with Gasteiger partial charge < -0.3 is 21.7 Å². The molecule has 2 rings (SSSR count). The fourth-order valence-corrected chi connectivity index (χ4v) is 2.45. The van der Waals surface area contributed by atoms with Crippen molar-refractivity contribution in [2.75, 3.05) is 11.5 Å². The molecule has 0 atom stereocenters. The number of aromatic hydroxyl groups is 2. The fourth-order valence-electron chi connectivity index (χ4n) is 1.76. The van der Waals surface area contributed by atoms with Gasteiger partial charge in [-0.25, -0.2) is 0 Å². The Bertz CT molecular complexity index is 738. The maximum Gasteiger partial charge on any atom is 0.237 e. The van der Waals surface area contributed by atoms with E-state index in [1.54, 1.807) is 0 Å². The number of rotatable bonds is 3. The summed E-state index contributed by atoms with van der Waals surface area (Å²) in [5.41, 5.74) is 11.1. The summed E-state index contributed by atoms with van der Waals surface area (Å²) in [5.74, 6) is -2.81. The van der Waals surface area contributed by atoms with Gasteiger partial charge in [-0.05, 0) is 44.0 Å². The Morgan fingerprint density at radius 2 is 1.09 bits per heavy atom. The van der Waals surface area contributed by atoms with Gasteiger partial charge in [-0.3, -0.25) is 9.59 Å². The molecule has 0 aliphatic heterocycles. The van der Waals surface area contributed by atoms with Crippen molar-refractivity contribution in [1.29, 1.82) is 0 Å². The molecule has 6 nitrogen and oxygen atoms in total. The fraction of sp³-hybridized carbons (Fsp3) is 0. The molecule has 6 N–H and O–H groups in total. The predicted molar refractivity (Wildman–Crippen MR) is 89.1 cm³/mol. The van der Waals surface area contributed by atoms with Gasteiger partial charge in [0.05, 0.1) is 11.1 Å². The number of phenols is 2. The molecule has 0 radical (unpaired) electrons. The van der Waals surface area contributed by atoms with Crippen molar-refractivity contribution >= 4 is 54.8 Å². The topological polar surface area (TPSA) is 127 Å². The van der Waals surface area contributed by atoms with Crippen molar-refractivity contribution in [3.8, 4) is 11.5 Å².